The molecule has 2 aromatic rings. The summed E-state index contributed by atoms with van der Waals surface area (Å²) < 4.78 is 4.83. The zero-order chi connectivity index (χ0) is 17.5. The first-order chi connectivity index (χ1) is 11.0. The molecule has 0 aliphatic rings. The van der Waals surface area contributed by atoms with Crippen molar-refractivity contribution in [3.8, 4) is 0 Å². The Morgan fingerprint density at radius 1 is 0.739 bits per heavy atom. The molecule has 0 atom stereocenters. The van der Waals surface area contributed by atoms with Crippen LogP contribution < -0.4 is 0 Å². The van der Waals surface area contributed by atoms with Crippen LogP contribution >= 0.6 is 0 Å². The molecule has 0 bridgehead atoms. The topological polar surface area (TPSA) is 83.8 Å². The molecular formula is C18H22O5. The van der Waals surface area contributed by atoms with Gasteiger partial charge in [-0.2, -0.15) is 0 Å². The summed E-state index contributed by atoms with van der Waals surface area (Å²) in [6.07, 6.45) is 0. The summed E-state index contributed by atoms with van der Waals surface area (Å²) >= 11 is 0. The van der Waals surface area contributed by atoms with E-state index in [0.717, 1.165) is 13.2 Å². The van der Waals surface area contributed by atoms with Gasteiger partial charge in [-0.15, -0.1) is 0 Å². The van der Waals surface area contributed by atoms with Crippen molar-refractivity contribution in [2.75, 3.05) is 13.2 Å². The molecule has 0 aromatic heterocycles. The Morgan fingerprint density at radius 3 is 1.17 bits per heavy atom. The van der Waals surface area contributed by atoms with Crippen molar-refractivity contribution in [3.05, 3.63) is 71.8 Å². The second-order valence-electron chi connectivity index (χ2n) is 4.12. The predicted molar refractivity (Wildman–Crippen MR) is 89.0 cm³/mol. The van der Waals surface area contributed by atoms with Crippen LogP contribution in [-0.4, -0.2) is 35.4 Å². The van der Waals surface area contributed by atoms with E-state index in [1.165, 1.54) is 0 Å². The van der Waals surface area contributed by atoms with E-state index in [9.17, 15) is 9.59 Å². The summed E-state index contributed by atoms with van der Waals surface area (Å²) in [6, 6.07) is 16.6. The van der Waals surface area contributed by atoms with Crippen LogP contribution in [0.15, 0.2) is 60.7 Å². The number of hydrogen-bond donors (Lipinski definition) is 2. The molecule has 124 valence electrons. The van der Waals surface area contributed by atoms with E-state index < -0.39 is 11.9 Å². The summed E-state index contributed by atoms with van der Waals surface area (Å²) in [4.78, 5) is 20.4. The van der Waals surface area contributed by atoms with Crippen molar-refractivity contribution in [1.82, 2.24) is 0 Å². The van der Waals surface area contributed by atoms with Gasteiger partial charge in [0.15, 0.2) is 0 Å². The second-order valence-corrected chi connectivity index (χ2v) is 4.12. The van der Waals surface area contributed by atoms with E-state index in [4.69, 9.17) is 14.9 Å². The van der Waals surface area contributed by atoms with E-state index in [1.54, 1.807) is 60.7 Å². The Balaban J connectivity index is 0.000000332. The van der Waals surface area contributed by atoms with Crippen LogP contribution in [0.1, 0.15) is 34.6 Å². The Morgan fingerprint density at radius 2 is 1.04 bits per heavy atom. The van der Waals surface area contributed by atoms with Crippen molar-refractivity contribution >= 4 is 11.9 Å². The summed E-state index contributed by atoms with van der Waals surface area (Å²) in [5.41, 5.74) is 0.662. The smallest absolute Gasteiger partial charge is 0.335 e. The highest BCUT2D eigenvalue weighted by Gasteiger charge is 1.97. The maximum absolute atomic E-state index is 10.2. The largest absolute Gasteiger partial charge is 0.478 e. The van der Waals surface area contributed by atoms with Gasteiger partial charge >= 0.3 is 11.9 Å². The molecule has 0 heterocycles. The fourth-order valence-electron chi connectivity index (χ4n) is 1.37. The number of benzene rings is 2. The maximum atomic E-state index is 10.2. The van der Waals surface area contributed by atoms with Gasteiger partial charge in [-0.1, -0.05) is 36.4 Å². The van der Waals surface area contributed by atoms with Gasteiger partial charge in [-0.05, 0) is 38.1 Å². The van der Waals surface area contributed by atoms with E-state index in [-0.39, 0.29) is 0 Å². The number of ether oxygens (including phenoxy) is 1. The monoisotopic (exact) mass is 318 g/mol. The van der Waals surface area contributed by atoms with E-state index >= 15 is 0 Å². The number of carboxylic acid groups (broad SMARTS) is 2. The highest BCUT2D eigenvalue weighted by molar-refractivity contribution is 5.87. The summed E-state index contributed by atoms with van der Waals surface area (Å²) in [7, 11) is 0. The third-order valence-electron chi connectivity index (χ3n) is 2.45. The molecule has 2 rings (SSSR count). The minimum absolute atomic E-state index is 0.331. The number of rotatable bonds is 4. The zero-order valence-electron chi connectivity index (χ0n) is 13.3. The normalized spacial score (nSPS) is 8.78. The molecular weight excluding hydrogens is 296 g/mol. The quantitative estimate of drug-likeness (QED) is 0.895. The molecule has 0 aliphatic carbocycles. The van der Waals surface area contributed by atoms with Crippen molar-refractivity contribution in [2.24, 2.45) is 0 Å². The standard InChI is InChI=1S/2C7H6O2.C4H10O/c2*8-7(9)6-4-2-1-3-5-6;1-3-5-4-2/h2*1-5H,(H,8,9);3-4H2,1-2H3. The van der Waals surface area contributed by atoms with Gasteiger partial charge in [0, 0.05) is 13.2 Å². The van der Waals surface area contributed by atoms with Crippen molar-refractivity contribution < 1.29 is 24.5 Å². The van der Waals surface area contributed by atoms with Crippen LogP contribution in [0.25, 0.3) is 0 Å². The molecule has 0 amide bonds. The van der Waals surface area contributed by atoms with Gasteiger partial charge in [0.1, 0.15) is 0 Å². The lowest BCUT2D eigenvalue weighted by molar-refractivity contribution is 0.0686. The average molecular weight is 318 g/mol. The molecule has 0 fully saturated rings. The molecule has 0 spiro atoms. The molecule has 2 N–H and O–H groups in total. The lowest BCUT2D eigenvalue weighted by Crippen LogP contribution is -1.93. The summed E-state index contributed by atoms with van der Waals surface area (Å²) in [5, 5.41) is 16.8. The minimum Gasteiger partial charge on any atom is -0.478 e. The maximum Gasteiger partial charge on any atom is 0.335 e. The Hall–Kier alpha value is -2.66. The van der Waals surface area contributed by atoms with Gasteiger partial charge in [-0.3, -0.25) is 0 Å². The Bertz CT molecular complexity index is 501. The molecule has 0 aliphatic heterocycles. The van der Waals surface area contributed by atoms with E-state index in [2.05, 4.69) is 0 Å². The van der Waals surface area contributed by atoms with Crippen LogP contribution in [0.3, 0.4) is 0 Å². The first kappa shape index (κ1) is 20.3. The Kier molecular flexibility index (Phi) is 11.5. The van der Waals surface area contributed by atoms with Gasteiger partial charge in [0.2, 0.25) is 0 Å². The first-order valence-corrected chi connectivity index (χ1v) is 7.17. The minimum atomic E-state index is -0.879. The molecule has 5 nitrogen and oxygen atoms in total. The summed E-state index contributed by atoms with van der Waals surface area (Å²) in [5.74, 6) is -1.76. The van der Waals surface area contributed by atoms with Crippen LogP contribution in [0.4, 0.5) is 0 Å². The molecule has 2 aromatic carbocycles. The zero-order valence-corrected chi connectivity index (χ0v) is 13.3. The fourth-order valence-corrected chi connectivity index (χ4v) is 1.37. The van der Waals surface area contributed by atoms with Crippen LogP contribution in [0.2, 0.25) is 0 Å². The third-order valence-corrected chi connectivity index (χ3v) is 2.45. The molecule has 0 saturated heterocycles. The van der Waals surface area contributed by atoms with Crippen LogP contribution in [-0.2, 0) is 4.74 Å². The van der Waals surface area contributed by atoms with Crippen molar-refractivity contribution in [1.29, 1.82) is 0 Å². The average Bonchev–Trinajstić information content (AvgIpc) is 2.58. The highest BCUT2D eigenvalue weighted by atomic mass is 16.5. The SMILES string of the molecule is CCOCC.O=C(O)c1ccccc1.O=C(O)c1ccccc1. The van der Waals surface area contributed by atoms with Gasteiger partial charge < -0.3 is 14.9 Å². The fraction of sp³-hybridized carbons (Fsp3) is 0.222. The molecule has 0 saturated carbocycles. The number of aromatic carboxylic acids is 2. The second kappa shape index (κ2) is 13.0. The van der Waals surface area contributed by atoms with Gasteiger partial charge in [0.25, 0.3) is 0 Å². The third kappa shape index (κ3) is 10.7. The lowest BCUT2D eigenvalue weighted by atomic mass is 10.2. The van der Waals surface area contributed by atoms with Crippen LogP contribution in [0, 0.1) is 0 Å². The Labute approximate surface area is 136 Å². The van der Waals surface area contributed by atoms with Crippen molar-refractivity contribution in [2.45, 2.75) is 13.8 Å². The number of carbonyl (C=O) groups is 2. The van der Waals surface area contributed by atoms with E-state index in [0.29, 0.717) is 11.1 Å². The van der Waals surface area contributed by atoms with E-state index in [1.807, 2.05) is 13.8 Å². The molecule has 0 radical (unpaired) electrons. The number of carboxylic acids is 2. The molecule has 23 heavy (non-hydrogen) atoms. The number of hydrogen-bond acceptors (Lipinski definition) is 3. The first-order valence-electron chi connectivity index (χ1n) is 7.17. The summed E-state index contributed by atoms with van der Waals surface area (Å²) in [6.45, 7) is 5.67. The molecule has 5 heteroatoms. The lowest BCUT2D eigenvalue weighted by Gasteiger charge is -1.88. The van der Waals surface area contributed by atoms with Gasteiger partial charge in [0.05, 0.1) is 11.1 Å². The van der Waals surface area contributed by atoms with Crippen molar-refractivity contribution in [3.63, 3.8) is 0 Å². The van der Waals surface area contributed by atoms with Gasteiger partial charge in [-0.25, -0.2) is 9.59 Å². The molecule has 0 unspecified atom stereocenters. The highest BCUT2D eigenvalue weighted by Crippen LogP contribution is 1.96. The van der Waals surface area contributed by atoms with Crippen LogP contribution in [0.5, 0.6) is 0 Å². The predicted octanol–water partition coefficient (Wildman–Crippen LogP) is 3.81.